The Bertz CT molecular complexity index is 461. The zero-order chi connectivity index (χ0) is 11.5. The van der Waals surface area contributed by atoms with Crippen LogP contribution in [-0.2, 0) is 6.54 Å². The first kappa shape index (κ1) is 11.4. The van der Waals surface area contributed by atoms with Gasteiger partial charge in [0.2, 0.25) is 0 Å². The van der Waals surface area contributed by atoms with Gasteiger partial charge in [-0.1, -0.05) is 6.92 Å². The molecule has 2 rings (SSSR count). The summed E-state index contributed by atoms with van der Waals surface area (Å²) >= 11 is 1.59. The summed E-state index contributed by atoms with van der Waals surface area (Å²) in [4.78, 5) is 1.01. The summed E-state index contributed by atoms with van der Waals surface area (Å²) in [5.41, 5.74) is 2.01. The van der Waals surface area contributed by atoms with Gasteiger partial charge in [0.05, 0.1) is 6.20 Å². The van der Waals surface area contributed by atoms with Gasteiger partial charge in [0.1, 0.15) is 6.10 Å². The smallest absolute Gasteiger partial charge is 0.116 e. The van der Waals surface area contributed by atoms with E-state index in [4.69, 9.17) is 0 Å². The summed E-state index contributed by atoms with van der Waals surface area (Å²) in [5.74, 6) is 0. The van der Waals surface area contributed by atoms with Crippen LogP contribution in [0.4, 0.5) is 0 Å². The van der Waals surface area contributed by atoms with Gasteiger partial charge in [-0.2, -0.15) is 5.10 Å². The lowest BCUT2D eigenvalue weighted by molar-refractivity contribution is 0.223. The van der Waals surface area contributed by atoms with Gasteiger partial charge in [0, 0.05) is 23.2 Å². The number of aliphatic hydroxyl groups is 1. The molecule has 1 N–H and O–H groups in total. The molecule has 86 valence electrons. The molecule has 0 amide bonds. The van der Waals surface area contributed by atoms with Crippen LogP contribution in [0, 0.1) is 6.92 Å². The minimum Gasteiger partial charge on any atom is -0.383 e. The van der Waals surface area contributed by atoms with Crippen molar-refractivity contribution < 1.29 is 5.11 Å². The minimum absolute atomic E-state index is 0.536. The number of aromatic nitrogens is 2. The summed E-state index contributed by atoms with van der Waals surface area (Å²) < 4.78 is 1.88. The number of aliphatic hydroxyl groups excluding tert-OH is 1. The van der Waals surface area contributed by atoms with Gasteiger partial charge < -0.3 is 5.11 Å². The molecule has 2 heterocycles. The average Bonchev–Trinajstić information content (AvgIpc) is 2.87. The van der Waals surface area contributed by atoms with Crippen molar-refractivity contribution in [2.45, 2.75) is 32.9 Å². The Morgan fingerprint density at radius 3 is 3.00 bits per heavy atom. The van der Waals surface area contributed by atoms with E-state index in [0.29, 0.717) is 0 Å². The third kappa shape index (κ3) is 2.18. The van der Waals surface area contributed by atoms with E-state index in [0.717, 1.165) is 29.0 Å². The van der Waals surface area contributed by atoms with Gasteiger partial charge in [-0.3, -0.25) is 4.68 Å². The predicted octanol–water partition coefficient (Wildman–Crippen LogP) is 2.74. The molecule has 16 heavy (non-hydrogen) atoms. The van der Waals surface area contributed by atoms with Crippen molar-refractivity contribution in [2.75, 3.05) is 0 Å². The Kier molecular flexibility index (Phi) is 3.41. The normalized spacial score (nSPS) is 12.9. The highest BCUT2D eigenvalue weighted by molar-refractivity contribution is 7.10. The molecule has 2 aromatic rings. The lowest BCUT2D eigenvalue weighted by Gasteiger charge is -2.06. The van der Waals surface area contributed by atoms with E-state index in [1.54, 1.807) is 17.5 Å². The molecule has 0 radical (unpaired) electrons. The highest BCUT2D eigenvalue weighted by atomic mass is 32.1. The van der Waals surface area contributed by atoms with Crippen LogP contribution < -0.4 is 0 Å². The summed E-state index contributed by atoms with van der Waals surface area (Å²) in [5, 5.41) is 16.4. The van der Waals surface area contributed by atoms with Crippen molar-refractivity contribution in [1.82, 2.24) is 9.78 Å². The molecular formula is C12H16N2OS. The number of hydrogen-bond acceptors (Lipinski definition) is 3. The van der Waals surface area contributed by atoms with Gasteiger partial charge in [0.25, 0.3) is 0 Å². The van der Waals surface area contributed by atoms with Crippen molar-refractivity contribution in [1.29, 1.82) is 0 Å². The fourth-order valence-electron chi connectivity index (χ4n) is 1.69. The Morgan fingerprint density at radius 1 is 1.56 bits per heavy atom. The lowest BCUT2D eigenvalue weighted by atomic mass is 10.1. The first-order valence-electron chi connectivity index (χ1n) is 5.46. The monoisotopic (exact) mass is 236 g/mol. The van der Waals surface area contributed by atoms with E-state index < -0.39 is 6.10 Å². The standard InChI is InChI=1S/C12H16N2OS/c1-3-5-14-8-10(7-13-14)11(15)12-9(2)4-6-16-12/h4,6-8,11,15H,3,5H2,1-2H3. The molecule has 0 aromatic carbocycles. The minimum atomic E-state index is -0.536. The first-order valence-corrected chi connectivity index (χ1v) is 6.34. The van der Waals surface area contributed by atoms with E-state index in [2.05, 4.69) is 12.0 Å². The van der Waals surface area contributed by atoms with E-state index in [1.165, 1.54) is 0 Å². The maximum absolute atomic E-state index is 10.2. The maximum atomic E-state index is 10.2. The molecule has 0 bridgehead atoms. The molecule has 0 spiro atoms. The lowest BCUT2D eigenvalue weighted by Crippen LogP contribution is -1.98. The highest BCUT2D eigenvalue weighted by Gasteiger charge is 2.15. The molecule has 0 aliphatic carbocycles. The van der Waals surface area contributed by atoms with Crippen molar-refractivity contribution in [3.63, 3.8) is 0 Å². The first-order chi connectivity index (χ1) is 7.72. The molecule has 0 aliphatic heterocycles. The Morgan fingerprint density at radius 2 is 2.38 bits per heavy atom. The Hall–Kier alpha value is -1.13. The van der Waals surface area contributed by atoms with Gasteiger partial charge >= 0.3 is 0 Å². The van der Waals surface area contributed by atoms with E-state index >= 15 is 0 Å². The molecule has 1 unspecified atom stereocenters. The van der Waals surface area contributed by atoms with Crippen LogP contribution in [0.1, 0.15) is 35.5 Å². The second-order valence-corrected chi connectivity index (χ2v) is 4.85. The van der Waals surface area contributed by atoms with Crippen LogP contribution in [0.15, 0.2) is 23.8 Å². The Labute approximate surface area is 99.4 Å². The van der Waals surface area contributed by atoms with Crippen molar-refractivity contribution >= 4 is 11.3 Å². The summed E-state index contributed by atoms with van der Waals surface area (Å²) in [7, 11) is 0. The van der Waals surface area contributed by atoms with Crippen LogP contribution in [0.3, 0.4) is 0 Å². The highest BCUT2D eigenvalue weighted by Crippen LogP contribution is 2.28. The topological polar surface area (TPSA) is 38.0 Å². The maximum Gasteiger partial charge on any atom is 0.116 e. The fraction of sp³-hybridized carbons (Fsp3) is 0.417. The van der Waals surface area contributed by atoms with Crippen LogP contribution >= 0.6 is 11.3 Å². The third-order valence-corrected chi connectivity index (χ3v) is 3.64. The Balaban J connectivity index is 2.20. The molecule has 0 saturated heterocycles. The summed E-state index contributed by atoms with van der Waals surface area (Å²) in [6.45, 7) is 5.03. The van der Waals surface area contributed by atoms with Gasteiger partial charge in [-0.25, -0.2) is 0 Å². The van der Waals surface area contributed by atoms with Crippen LogP contribution in [0.2, 0.25) is 0 Å². The van der Waals surface area contributed by atoms with Crippen LogP contribution in [-0.4, -0.2) is 14.9 Å². The molecular weight excluding hydrogens is 220 g/mol. The predicted molar refractivity (Wildman–Crippen MR) is 65.6 cm³/mol. The van der Waals surface area contributed by atoms with Crippen LogP contribution in [0.25, 0.3) is 0 Å². The van der Waals surface area contributed by atoms with E-state index in [9.17, 15) is 5.11 Å². The van der Waals surface area contributed by atoms with Crippen molar-refractivity contribution in [3.05, 3.63) is 39.8 Å². The second-order valence-electron chi connectivity index (χ2n) is 3.91. The van der Waals surface area contributed by atoms with Gasteiger partial charge in [0.15, 0.2) is 0 Å². The fourth-order valence-corrected chi connectivity index (χ4v) is 2.63. The summed E-state index contributed by atoms with van der Waals surface area (Å²) in [6.07, 6.45) is 4.19. The van der Waals surface area contributed by atoms with Crippen molar-refractivity contribution in [3.8, 4) is 0 Å². The average molecular weight is 236 g/mol. The molecule has 0 fully saturated rings. The molecule has 1 atom stereocenters. The molecule has 0 aliphatic rings. The molecule has 4 heteroatoms. The SMILES string of the molecule is CCCn1cc(C(O)c2sccc2C)cn1. The third-order valence-electron chi connectivity index (χ3n) is 2.57. The quantitative estimate of drug-likeness (QED) is 0.886. The van der Waals surface area contributed by atoms with Crippen LogP contribution in [0.5, 0.6) is 0 Å². The molecule has 2 aromatic heterocycles. The van der Waals surface area contributed by atoms with Gasteiger partial charge in [-0.05, 0) is 30.4 Å². The zero-order valence-electron chi connectivity index (χ0n) is 9.55. The number of hydrogen-bond donors (Lipinski definition) is 1. The summed E-state index contributed by atoms with van der Waals surface area (Å²) in [6, 6.07) is 2.03. The number of aryl methyl sites for hydroxylation is 2. The van der Waals surface area contributed by atoms with Crippen molar-refractivity contribution in [2.24, 2.45) is 0 Å². The number of thiophene rings is 1. The van der Waals surface area contributed by atoms with E-state index in [1.807, 2.05) is 29.2 Å². The zero-order valence-corrected chi connectivity index (χ0v) is 10.4. The molecule has 3 nitrogen and oxygen atoms in total. The molecule has 0 saturated carbocycles. The number of rotatable bonds is 4. The van der Waals surface area contributed by atoms with Gasteiger partial charge in [-0.15, -0.1) is 11.3 Å². The largest absolute Gasteiger partial charge is 0.383 e. The second kappa shape index (κ2) is 4.80. The van der Waals surface area contributed by atoms with E-state index in [-0.39, 0.29) is 0 Å². The number of nitrogens with zero attached hydrogens (tertiary/aromatic N) is 2.